The molecule has 2 nitrogen and oxygen atoms in total. The van der Waals surface area contributed by atoms with Gasteiger partial charge in [0.1, 0.15) is 0 Å². The standard InChI is InChI=1S/C15H9ClINO/c16-12-6-4-10(5-7-12)15-14(9-18-19-15)11-2-1-3-13(17)8-11/h1-9H. The topological polar surface area (TPSA) is 26.0 Å². The molecule has 4 heteroatoms. The molecule has 0 aliphatic rings. The highest BCUT2D eigenvalue weighted by Gasteiger charge is 2.12. The lowest BCUT2D eigenvalue weighted by molar-refractivity contribution is 0.432. The summed E-state index contributed by atoms with van der Waals surface area (Å²) in [6, 6.07) is 15.8. The second-order valence-electron chi connectivity index (χ2n) is 4.09. The van der Waals surface area contributed by atoms with E-state index in [0.29, 0.717) is 5.02 Å². The highest BCUT2D eigenvalue weighted by molar-refractivity contribution is 14.1. The van der Waals surface area contributed by atoms with E-state index in [-0.39, 0.29) is 0 Å². The normalized spacial score (nSPS) is 10.6. The Bertz CT molecular complexity index is 706. The molecule has 19 heavy (non-hydrogen) atoms. The average molecular weight is 382 g/mol. The van der Waals surface area contributed by atoms with E-state index in [0.717, 1.165) is 22.5 Å². The van der Waals surface area contributed by atoms with Gasteiger partial charge in [0, 0.05) is 19.7 Å². The molecule has 3 rings (SSSR count). The molecule has 1 heterocycles. The van der Waals surface area contributed by atoms with Crippen LogP contribution in [0.25, 0.3) is 22.5 Å². The van der Waals surface area contributed by atoms with Crippen molar-refractivity contribution in [3.05, 3.63) is 63.3 Å². The van der Waals surface area contributed by atoms with Crippen LogP contribution in [0.2, 0.25) is 5.02 Å². The van der Waals surface area contributed by atoms with Crippen LogP contribution in [0.1, 0.15) is 0 Å². The van der Waals surface area contributed by atoms with Crippen molar-refractivity contribution in [1.29, 1.82) is 0 Å². The molecular formula is C15H9ClINO. The molecule has 0 unspecified atom stereocenters. The highest BCUT2D eigenvalue weighted by atomic mass is 127. The van der Waals surface area contributed by atoms with Crippen molar-refractivity contribution >= 4 is 34.2 Å². The number of halogens is 2. The summed E-state index contributed by atoms with van der Waals surface area (Å²) in [5.74, 6) is 0.763. The lowest BCUT2D eigenvalue weighted by Gasteiger charge is -2.02. The maximum Gasteiger partial charge on any atom is 0.174 e. The Morgan fingerprint density at radius 1 is 1.00 bits per heavy atom. The predicted octanol–water partition coefficient (Wildman–Crippen LogP) is 5.27. The largest absolute Gasteiger partial charge is 0.356 e. The van der Waals surface area contributed by atoms with Crippen molar-refractivity contribution in [2.45, 2.75) is 0 Å². The Morgan fingerprint density at radius 2 is 1.79 bits per heavy atom. The van der Waals surface area contributed by atoms with Gasteiger partial charge in [-0.25, -0.2) is 0 Å². The number of rotatable bonds is 2. The zero-order chi connectivity index (χ0) is 13.2. The van der Waals surface area contributed by atoms with Gasteiger partial charge in [-0.3, -0.25) is 0 Å². The van der Waals surface area contributed by atoms with Crippen molar-refractivity contribution < 1.29 is 4.52 Å². The van der Waals surface area contributed by atoms with E-state index >= 15 is 0 Å². The zero-order valence-electron chi connectivity index (χ0n) is 9.81. The molecule has 0 amide bonds. The smallest absolute Gasteiger partial charge is 0.174 e. The van der Waals surface area contributed by atoms with Crippen LogP contribution < -0.4 is 0 Å². The van der Waals surface area contributed by atoms with Gasteiger partial charge >= 0.3 is 0 Å². The van der Waals surface area contributed by atoms with Crippen molar-refractivity contribution in [3.63, 3.8) is 0 Å². The van der Waals surface area contributed by atoms with E-state index < -0.39 is 0 Å². The summed E-state index contributed by atoms with van der Waals surface area (Å²) in [5.41, 5.74) is 3.05. The molecule has 0 saturated carbocycles. The fraction of sp³-hybridized carbons (Fsp3) is 0. The first-order chi connectivity index (χ1) is 9.24. The Morgan fingerprint density at radius 3 is 2.53 bits per heavy atom. The third-order valence-corrected chi connectivity index (χ3v) is 3.74. The average Bonchev–Trinajstić information content (AvgIpc) is 2.89. The van der Waals surface area contributed by atoms with Crippen LogP contribution in [0.3, 0.4) is 0 Å². The second kappa shape index (κ2) is 5.35. The summed E-state index contributed by atoms with van der Waals surface area (Å²) in [6.45, 7) is 0. The monoisotopic (exact) mass is 381 g/mol. The Labute approximate surface area is 129 Å². The minimum Gasteiger partial charge on any atom is -0.356 e. The molecule has 0 aliphatic heterocycles. The number of hydrogen-bond donors (Lipinski definition) is 0. The van der Waals surface area contributed by atoms with Crippen molar-refractivity contribution in [2.75, 3.05) is 0 Å². The minimum atomic E-state index is 0.707. The van der Waals surface area contributed by atoms with Gasteiger partial charge < -0.3 is 4.52 Å². The summed E-state index contributed by atoms with van der Waals surface area (Å²) >= 11 is 8.20. The van der Waals surface area contributed by atoms with Crippen LogP contribution in [-0.4, -0.2) is 5.16 Å². The van der Waals surface area contributed by atoms with Gasteiger partial charge in [-0.15, -0.1) is 0 Å². The van der Waals surface area contributed by atoms with E-state index in [1.165, 1.54) is 3.57 Å². The number of aromatic nitrogens is 1. The minimum absolute atomic E-state index is 0.707. The molecule has 0 spiro atoms. The van der Waals surface area contributed by atoms with Gasteiger partial charge in [-0.1, -0.05) is 28.9 Å². The maximum absolute atomic E-state index is 5.90. The molecule has 0 fully saturated rings. The van der Waals surface area contributed by atoms with E-state index in [1.807, 2.05) is 36.4 Å². The predicted molar refractivity (Wildman–Crippen MR) is 85.1 cm³/mol. The molecule has 0 atom stereocenters. The van der Waals surface area contributed by atoms with Crippen LogP contribution in [0.15, 0.2) is 59.3 Å². The first kappa shape index (κ1) is 12.7. The number of benzene rings is 2. The molecule has 0 bridgehead atoms. The van der Waals surface area contributed by atoms with E-state index in [9.17, 15) is 0 Å². The first-order valence-electron chi connectivity index (χ1n) is 5.70. The molecule has 0 saturated heterocycles. The molecule has 3 aromatic rings. The third-order valence-electron chi connectivity index (χ3n) is 2.81. The second-order valence-corrected chi connectivity index (χ2v) is 5.77. The third kappa shape index (κ3) is 2.67. The molecule has 0 N–H and O–H groups in total. The Hall–Kier alpha value is -1.33. The fourth-order valence-electron chi connectivity index (χ4n) is 1.91. The van der Waals surface area contributed by atoms with Gasteiger partial charge in [0.15, 0.2) is 5.76 Å². The van der Waals surface area contributed by atoms with Crippen molar-refractivity contribution in [2.24, 2.45) is 0 Å². The zero-order valence-corrected chi connectivity index (χ0v) is 12.7. The summed E-state index contributed by atoms with van der Waals surface area (Å²) in [5, 5.41) is 4.62. The molecule has 2 aromatic carbocycles. The quantitative estimate of drug-likeness (QED) is 0.565. The molecule has 94 valence electrons. The van der Waals surface area contributed by atoms with Gasteiger partial charge in [0.2, 0.25) is 0 Å². The SMILES string of the molecule is Clc1ccc(-c2oncc2-c2cccc(I)c2)cc1. The van der Waals surface area contributed by atoms with Crippen LogP contribution in [0.4, 0.5) is 0 Å². The van der Waals surface area contributed by atoms with Gasteiger partial charge in [0.25, 0.3) is 0 Å². The molecule has 0 radical (unpaired) electrons. The summed E-state index contributed by atoms with van der Waals surface area (Å²) in [7, 11) is 0. The summed E-state index contributed by atoms with van der Waals surface area (Å²) in [4.78, 5) is 0. The first-order valence-corrected chi connectivity index (χ1v) is 7.16. The van der Waals surface area contributed by atoms with Gasteiger partial charge in [0.05, 0.1) is 6.20 Å². The number of nitrogens with zero attached hydrogens (tertiary/aromatic N) is 1. The lowest BCUT2D eigenvalue weighted by Crippen LogP contribution is -1.81. The highest BCUT2D eigenvalue weighted by Crippen LogP contribution is 2.33. The van der Waals surface area contributed by atoms with Gasteiger partial charge in [-0.05, 0) is 64.6 Å². The summed E-state index contributed by atoms with van der Waals surface area (Å²) < 4.78 is 6.57. The van der Waals surface area contributed by atoms with Crippen LogP contribution in [0, 0.1) is 3.57 Å². The molecular weight excluding hydrogens is 373 g/mol. The fourth-order valence-corrected chi connectivity index (χ4v) is 2.58. The number of hydrogen-bond acceptors (Lipinski definition) is 2. The summed E-state index contributed by atoms with van der Waals surface area (Å²) in [6.07, 6.45) is 1.75. The van der Waals surface area contributed by atoms with Gasteiger partial charge in [-0.2, -0.15) is 0 Å². The van der Waals surface area contributed by atoms with E-state index in [1.54, 1.807) is 6.20 Å². The van der Waals surface area contributed by atoms with Crippen LogP contribution in [-0.2, 0) is 0 Å². The molecule has 0 aliphatic carbocycles. The molecule has 1 aromatic heterocycles. The van der Waals surface area contributed by atoms with E-state index in [4.69, 9.17) is 16.1 Å². The lowest BCUT2D eigenvalue weighted by atomic mass is 10.0. The van der Waals surface area contributed by atoms with Crippen molar-refractivity contribution in [3.8, 4) is 22.5 Å². The van der Waals surface area contributed by atoms with Crippen LogP contribution in [0.5, 0.6) is 0 Å². The van der Waals surface area contributed by atoms with E-state index in [2.05, 4.69) is 39.9 Å². The Kier molecular flexibility index (Phi) is 3.57. The van der Waals surface area contributed by atoms with Crippen molar-refractivity contribution in [1.82, 2.24) is 5.16 Å². The maximum atomic E-state index is 5.90. The van der Waals surface area contributed by atoms with Crippen LogP contribution >= 0.6 is 34.2 Å². The Balaban J connectivity index is 2.10.